The van der Waals surface area contributed by atoms with Gasteiger partial charge in [0.25, 0.3) is 0 Å². The molecule has 0 aliphatic heterocycles. The number of aromatic hydroxyl groups is 1. The third-order valence-corrected chi connectivity index (χ3v) is 3.98. The summed E-state index contributed by atoms with van der Waals surface area (Å²) >= 11 is 6.53. The summed E-state index contributed by atoms with van der Waals surface area (Å²) in [6.07, 6.45) is 1.68. The van der Waals surface area contributed by atoms with Gasteiger partial charge in [-0.3, -0.25) is 4.79 Å². The summed E-state index contributed by atoms with van der Waals surface area (Å²) in [5.74, 6) is -0.276. The zero-order valence-corrected chi connectivity index (χ0v) is 13.0. The van der Waals surface area contributed by atoms with Gasteiger partial charge in [-0.15, -0.1) is 11.3 Å². The lowest BCUT2D eigenvalue weighted by atomic mass is 10.1. The van der Waals surface area contributed by atoms with Gasteiger partial charge in [-0.1, -0.05) is 12.2 Å². The van der Waals surface area contributed by atoms with Crippen LogP contribution in [0.4, 0.5) is 0 Å². The molecule has 0 fully saturated rings. The monoisotopic (exact) mass is 309 g/mol. The molecule has 0 spiro atoms. The maximum absolute atomic E-state index is 11.8. The number of nitrogens with zero attached hydrogens (tertiary/aromatic N) is 2. The summed E-state index contributed by atoms with van der Waals surface area (Å²) in [6.45, 7) is 3.56. The molecule has 0 saturated carbocycles. The Bertz CT molecular complexity index is 692. The molecule has 0 amide bonds. The molecule has 2 aromatic rings. The predicted octanol–water partition coefficient (Wildman–Crippen LogP) is 1.88. The van der Waals surface area contributed by atoms with E-state index in [1.807, 2.05) is 12.3 Å². The van der Waals surface area contributed by atoms with E-state index in [0.717, 1.165) is 10.7 Å². The van der Waals surface area contributed by atoms with Gasteiger partial charge in [0.2, 0.25) is 5.43 Å². The first-order chi connectivity index (χ1) is 9.41. The van der Waals surface area contributed by atoms with E-state index in [0.29, 0.717) is 10.7 Å². The van der Waals surface area contributed by atoms with Crippen LogP contribution < -0.4 is 10.7 Å². The largest absolute Gasteiger partial charge is 0.503 e. The number of thiazole rings is 1. The van der Waals surface area contributed by atoms with Crippen molar-refractivity contribution in [1.82, 2.24) is 14.9 Å². The third kappa shape index (κ3) is 2.73. The Kier molecular flexibility index (Phi) is 4.20. The zero-order valence-electron chi connectivity index (χ0n) is 11.4. The lowest BCUT2D eigenvalue weighted by Gasteiger charge is -2.22. The molecule has 0 aliphatic carbocycles. The Hall–Kier alpha value is -1.73. The molecule has 2 rings (SSSR count). The van der Waals surface area contributed by atoms with Crippen LogP contribution in [-0.2, 0) is 7.05 Å². The van der Waals surface area contributed by atoms with Gasteiger partial charge >= 0.3 is 0 Å². The van der Waals surface area contributed by atoms with Gasteiger partial charge in [-0.25, -0.2) is 4.98 Å². The van der Waals surface area contributed by atoms with Crippen LogP contribution in [-0.4, -0.2) is 19.6 Å². The molecule has 20 heavy (non-hydrogen) atoms. The second-order valence-corrected chi connectivity index (χ2v) is 5.99. The molecule has 2 N–H and O–H groups in total. The molecular formula is C13H15N3O2S2. The maximum atomic E-state index is 11.8. The van der Waals surface area contributed by atoms with Gasteiger partial charge in [0.05, 0.1) is 10.7 Å². The van der Waals surface area contributed by atoms with Crippen molar-refractivity contribution in [3.63, 3.8) is 0 Å². The first-order valence-electron chi connectivity index (χ1n) is 5.97. The van der Waals surface area contributed by atoms with E-state index in [9.17, 15) is 9.90 Å². The summed E-state index contributed by atoms with van der Waals surface area (Å²) in [6, 6.07) is 0.965. The molecule has 0 aromatic carbocycles. The van der Waals surface area contributed by atoms with Crippen molar-refractivity contribution in [3.8, 4) is 5.75 Å². The fourth-order valence-electron chi connectivity index (χ4n) is 1.99. The molecule has 7 heteroatoms. The van der Waals surface area contributed by atoms with Crippen LogP contribution in [0.2, 0.25) is 0 Å². The van der Waals surface area contributed by atoms with Crippen molar-refractivity contribution >= 4 is 28.5 Å². The third-order valence-electron chi connectivity index (χ3n) is 3.03. The molecular weight excluding hydrogens is 294 g/mol. The van der Waals surface area contributed by atoms with E-state index in [1.54, 1.807) is 24.7 Å². The minimum atomic E-state index is -0.440. The Balaban J connectivity index is 2.66. The number of pyridine rings is 1. The first kappa shape index (κ1) is 14.7. The topological polar surface area (TPSA) is 67.2 Å². The number of hydrogen-bond acceptors (Lipinski definition) is 5. The highest BCUT2D eigenvalue weighted by Crippen LogP contribution is 2.28. The van der Waals surface area contributed by atoms with Crippen LogP contribution in [0.5, 0.6) is 5.75 Å². The van der Waals surface area contributed by atoms with Crippen molar-refractivity contribution in [1.29, 1.82) is 0 Å². The van der Waals surface area contributed by atoms with Crippen molar-refractivity contribution in [3.05, 3.63) is 44.3 Å². The van der Waals surface area contributed by atoms with Gasteiger partial charge in [0.1, 0.15) is 11.0 Å². The van der Waals surface area contributed by atoms with Crippen molar-refractivity contribution in [2.75, 3.05) is 0 Å². The van der Waals surface area contributed by atoms with Crippen LogP contribution in [0, 0.1) is 6.92 Å². The van der Waals surface area contributed by atoms with Crippen molar-refractivity contribution in [2.45, 2.75) is 19.9 Å². The summed E-state index contributed by atoms with van der Waals surface area (Å²) < 4.78 is 1.77. The van der Waals surface area contributed by atoms with Gasteiger partial charge in [0.15, 0.2) is 5.75 Å². The molecule has 5 nitrogen and oxygen atoms in total. The van der Waals surface area contributed by atoms with E-state index in [-0.39, 0.29) is 5.75 Å². The second-order valence-electron chi connectivity index (χ2n) is 4.45. The Morgan fingerprint density at radius 1 is 1.60 bits per heavy atom. The molecule has 106 valence electrons. The number of aromatic nitrogens is 2. The van der Waals surface area contributed by atoms with Crippen LogP contribution in [0.1, 0.15) is 29.4 Å². The molecule has 0 bridgehead atoms. The number of thiocarbonyl (C=S) groups is 1. The molecule has 1 atom stereocenters. The van der Waals surface area contributed by atoms with E-state index in [1.165, 1.54) is 17.4 Å². The number of hydrogen-bond donors (Lipinski definition) is 2. The highest BCUT2D eigenvalue weighted by Gasteiger charge is 2.24. The average Bonchev–Trinajstić information content (AvgIpc) is 2.88. The summed E-state index contributed by atoms with van der Waals surface area (Å²) in [5, 5.41) is 15.8. The molecule has 1 unspecified atom stereocenters. The van der Waals surface area contributed by atoms with Gasteiger partial charge in [0, 0.05) is 30.4 Å². The minimum absolute atomic E-state index is 0.276. The number of nitrogens with one attached hydrogen (secondary N) is 1. The Labute approximate surface area is 125 Å². The van der Waals surface area contributed by atoms with Gasteiger partial charge in [-0.05, 0) is 13.8 Å². The summed E-state index contributed by atoms with van der Waals surface area (Å²) in [4.78, 5) is 16.7. The van der Waals surface area contributed by atoms with Gasteiger partial charge in [-0.2, -0.15) is 0 Å². The van der Waals surface area contributed by atoms with E-state index >= 15 is 0 Å². The second kappa shape index (κ2) is 5.72. The molecule has 0 aliphatic rings. The molecule has 0 radical (unpaired) electrons. The first-order valence-corrected chi connectivity index (χ1v) is 7.26. The fourth-order valence-corrected chi connectivity index (χ4v) is 2.80. The number of aryl methyl sites for hydroxylation is 1. The molecule has 0 saturated heterocycles. The highest BCUT2D eigenvalue weighted by atomic mass is 32.1. The Morgan fingerprint density at radius 3 is 2.85 bits per heavy atom. The zero-order chi connectivity index (χ0) is 14.9. The average molecular weight is 309 g/mol. The van der Waals surface area contributed by atoms with E-state index in [2.05, 4.69) is 10.3 Å². The van der Waals surface area contributed by atoms with E-state index < -0.39 is 11.5 Å². The Morgan fingerprint density at radius 2 is 2.30 bits per heavy atom. The van der Waals surface area contributed by atoms with Crippen molar-refractivity contribution < 1.29 is 5.11 Å². The van der Waals surface area contributed by atoms with Gasteiger partial charge < -0.3 is 15.0 Å². The lowest BCUT2D eigenvalue weighted by Crippen LogP contribution is -2.30. The SMILES string of the molecule is CC(=S)NC(c1nccs1)c1c(O)c(=O)cc(C)n1C. The standard InChI is InChI=1S/C13H15N3O2S2/c1-7-6-9(17)12(18)11(16(7)3)10(15-8(2)19)13-14-4-5-20-13/h4-6,10,18H,1-3H3,(H,15,19). The molecule has 2 heterocycles. The fraction of sp³-hybridized carbons (Fsp3) is 0.308. The van der Waals surface area contributed by atoms with Crippen molar-refractivity contribution in [2.24, 2.45) is 7.05 Å². The van der Waals surface area contributed by atoms with Crippen LogP contribution in [0.15, 0.2) is 22.4 Å². The number of rotatable bonds is 3. The summed E-state index contributed by atoms with van der Waals surface area (Å²) in [7, 11) is 1.80. The molecule has 2 aromatic heterocycles. The quantitative estimate of drug-likeness (QED) is 0.848. The minimum Gasteiger partial charge on any atom is -0.503 e. The normalized spacial score (nSPS) is 12.2. The lowest BCUT2D eigenvalue weighted by molar-refractivity contribution is 0.443. The predicted molar refractivity (Wildman–Crippen MR) is 83.4 cm³/mol. The smallest absolute Gasteiger partial charge is 0.223 e. The van der Waals surface area contributed by atoms with Crippen LogP contribution in [0.25, 0.3) is 0 Å². The summed E-state index contributed by atoms with van der Waals surface area (Å²) in [5.41, 5.74) is 0.823. The van der Waals surface area contributed by atoms with Crippen LogP contribution >= 0.6 is 23.6 Å². The highest BCUT2D eigenvalue weighted by molar-refractivity contribution is 7.80. The van der Waals surface area contributed by atoms with Crippen LogP contribution in [0.3, 0.4) is 0 Å². The maximum Gasteiger partial charge on any atom is 0.223 e. The van der Waals surface area contributed by atoms with E-state index in [4.69, 9.17) is 12.2 Å².